The van der Waals surface area contributed by atoms with E-state index in [1.807, 2.05) is 0 Å². The fourth-order valence-corrected chi connectivity index (χ4v) is 2.25. The second kappa shape index (κ2) is 3.81. The molecule has 1 N–H and O–H groups in total. The summed E-state index contributed by atoms with van der Waals surface area (Å²) in [5.74, 6) is -1.42. The van der Waals surface area contributed by atoms with Gasteiger partial charge < -0.3 is 5.32 Å². The molecule has 16 heavy (non-hydrogen) atoms. The number of hydrogen-bond donors (Lipinski definition) is 1. The van der Waals surface area contributed by atoms with Crippen molar-refractivity contribution in [3.63, 3.8) is 0 Å². The highest BCUT2D eigenvalue weighted by Crippen LogP contribution is 2.54. The minimum absolute atomic E-state index is 0.0806. The predicted octanol–water partition coefficient (Wildman–Crippen LogP) is 3.33. The average Bonchev–Trinajstić information content (AvgIpc) is 2.98. The van der Waals surface area contributed by atoms with Gasteiger partial charge in [0.15, 0.2) is 11.6 Å². The zero-order valence-electron chi connectivity index (χ0n) is 9.90. The third-order valence-electron chi connectivity index (χ3n) is 3.64. The monoisotopic (exact) mass is 225 g/mol. The maximum Gasteiger partial charge on any atom is 0.163 e. The Balaban J connectivity index is 2.43. The molecule has 0 amide bonds. The van der Waals surface area contributed by atoms with Crippen LogP contribution in [-0.2, 0) is 0 Å². The fourth-order valence-electron chi connectivity index (χ4n) is 2.25. The Labute approximate surface area is 94.9 Å². The van der Waals surface area contributed by atoms with Gasteiger partial charge >= 0.3 is 0 Å². The van der Waals surface area contributed by atoms with Crippen molar-refractivity contribution < 1.29 is 8.78 Å². The molecule has 1 aliphatic carbocycles. The molecule has 1 fully saturated rings. The summed E-state index contributed by atoms with van der Waals surface area (Å²) in [5, 5.41) is 3.10. The maximum atomic E-state index is 13.8. The van der Waals surface area contributed by atoms with Crippen LogP contribution in [0.15, 0.2) is 12.1 Å². The van der Waals surface area contributed by atoms with Crippen molar-refractivity contribution in [1.82, 2.24) is 5.32 Å². The van der Waals surface area contributed by atoms with Crippen LogP contribution in [0.1, 0.15) is 36.9 Å². The minimum Gasteiger partial charge on any atom is -0.312 e. The molecule has 1 aliphatic rings. The summed E-state index contributed by atoms with van der Waals surface area (Å²) in [4.78, 5) is 0. The van der Waals surface area contributed by atoms with E-state index < -0.39 is 11.6 Å². The molecule has 1 unspecified atom stereocenters. The van der Waals surface area contributed by atoms with E-state index in [1.165, 1.54) is 0 Å². The molecule has 2 rings (SSSR count). The number of hydrogen-bond acceptors (Lipinski definition) is 1. The van der Waals surface area contributed by atoms with Gasteiger partial charge in [-0.2, -0.15) is 0 Å². The summed E-state index contributed by atoms with van der Waals surface area (Å²) in [6.07, 6.45) is 2.13. The Hall–Kier alpha value is -0.960. The Morgan fingerprint density at radius 2 is 1.88 bits per heavy atom. The molecule has 1 aromatic carbocycles. The largest absolute Gasteiger partial charge is 0.312 e. The summed E-state index contributed by atoms with van der Waals surface area (Å²) in [5.41, 5.74) is 0.889. The first-order valence-electron chi connectivity index (χ1n) is 5.61. The van der Waals surface area contributed by atoms with E-state index in [0.717, 1.165) is 12.8 Å². The zero-order chi connectivity index (χ0) is 11.9. The summed E-state index contributed by atoms with van der Waals surface area (Å²) in [6.45, 7) is 3.68. The maximum absolute atomic E-state index is 13.8. The smallest absolute Gasteiger partial charge is 0.163 e. The standard InChI is InChI=1S/C13H17F2N/c1-8-4-5-9(11(15)10(8)14)12(16-3)13(2)6-7-13/h4-5,12,16H,6-7H2,1-3H3. The number of aryl methyl sites for hydroxylation is 1. The summed E-state index contributed by atoms with van der Waals surface area (Å²) >= 11 is 0. The lowest BCUT2D eigenvalue weighted by molar-refractivity contribution is 0.368. The van der Waals surface area contributed by atoms with E-state index in [4.69, 9.17) is 0 Å². The molecule has 0 saturated heterocycles. The van der Waals surface area contributed by atoms with Crippen molar-refractivity contribution >= 4 is 0 Å². The van der Waals surface area contributed by atoms with Crippen molar-refractivity contribution in [3.8, 4) is 0 Å². The first-order chi connectivity index (χ1) is 7.49. The molecule has 1 saturated carbocycles. The third-order valence-corrected chi connectivity index (χ3v) is 3.64. The van der Waals surface area contributed by atoms with Crippen LogP contribution in [0, 0.1) is 24.0 Å². The van der Waals surface area contributed by atoms with Crippen LogP contribution in [0.2, 0.25) is 0 Å². The van der Waals surface area contributed by atoms with E-state index in [1.54, 1.807) is 26.1 Å². The summed E-state index contributed by atoms with van der Waals surface area (Å²) in [6, 6.07) is 3.24. The zero-order valence-corrected chi connectivity index (χ0v) is 9.90. The van der Waals surface area contributed by atoms with Gasteiger partial charge in [0.1, 0.15) is 0 Å². The molecule has 0 heterocycles. The van der Waals surface area contributed by atoms with Crippen LogP contribution in [0.3, 0.4) is 0 Å². The van der Waals surface area contributed by atoms with Crippen molar-refractivity contribution in [1.29, 1.82) is 0 Å². The summed E-state index contributed by atoms with van der Waals surface area (Å²) in [7, 11) is 1.80. The fraction of sp³-hybridized carbons (Fsp3) is 0.538. The molecular formula is C13H17F2N. The van der Waals surface area contributed by atoms with Gasteiger partial charge in [-0.3, -0.25) is 0 Å². The van der Waals surface area contributed by atoms with E-state index in [9.17, 15) is 8.78 Å². The predicted molar refractivity (Wildman–Crippen MR) is 60.2 cm³/mol. The van der Waals surface area contributed by atoms with Gasteiger partial charge in [0.05, 0.1) is 0 Å². The van der Waals surface area contributed by atoms with Gasteiger partial charge in [-0.1, -0.05) is 19.1 Å². The second-order valence-electron chi connectivity index (χ2n) is 4.98. The van der Waals surface area contributed by atoms with Crippen LogP contribution in [0.25, 0.3) is 0 Å². The number of nitrogens with one attached hydrogen (secondary N) is 1. The van der Waals surface area contributed by atoms with Gasteiger partial charge in [-0.05, 0) is 37.8 Å². The van der Waals surface area contributed by atoms with Gasteiger partial charge in [0, 0.05) is 11.6 Å². The highest BCUT2D eigenvalue weighted by molar-refractivity contribution is 5.30. The normalized spacial score (nSPS) is 19.6. The molecule has 0 aliphatic heterocycles. The average molecular weight is 225 g/mol. The van der Waals surface area contributed by atoms with Crippen molar-refractivity contribution in [2.45, 2.75) is 32.7 Å². The van der Waals surface area contributed by atoms with Crippen molar-refractivity contribution in [2.75, 3.05) is 7.05 Å². The highest BCUT2D eigenvalue weighted by Gasteiger charge is 2.45. The van der Waals surface area contributed by atoms with E-state index in [0.29, 0.717) is 11.1 Å². The lowest BCUT2D eigenvalue weighted by Crippen LogP contribution is -2.26. The molecule has 1 aromatic rings. The molecular weight excluding hydrogens is 208 g/mol. The molecule has 88 valence electrons. The quantitative estimate of drug-likeness (QED) is 0.832. The number of benzene rings is 1. The topological polar surface area (TPSA) is 12.0 Å². The van der Waals surface area contributed by atoms with Gasteiger partial charge in [0.25, 0.3) is 0 Å². The van der Waals surface area contributed by atoms with E-state index in [2.05, 4.69) is 12.2 Å². The van der Waals surface area contributed by atoms with Crippen LogP contribution >= 0.6 is 0 Å². The van der Waals surface area contributed by atoms with E-state index in [-0.39, 0.29) is 11.5 Å². The molecule has 3 heteroatoms. The molecule has 0 bridgehead atoms. The Morgan fingerprint density at radius 1 is 1.25 bits per heavy atom. The Morgan fingerprint density at radius 3 is 2.38 bits per heavy atom. The molecule has 1 atom stereocenters. The van der Waals surface area contributed by atoms with Crippen molar-refractivity contribution in [2.24, 2.45) is 5.41 Å². The lowest BCUT2D eigenvalue weighted by Gasteiger charge is -2.24. The van der Waals surface area contributed by atoms with Gasteiger partial charge in [-0.25, -0.2) is 8.78 Å². The van der Waals surface area contributed by atoms with Crippen LogP contribution in [-0.4, -0.2) is 7.05 Å². The van der Waals surface area contributed by atoms with Crippen LogP contribution < -0.4 is 5.32 Å². The Bertz CT molecular complexity index is 411. The summed E-state index contributed by atoms with van der Waals surface area (Å²) < 4.78 is 27.3. The number of halogens is 2. The first-order valence-corrected chi connectivity index (χ1v) is 5.61. The number of rotatable bonds is 3. The molecule has 0 aromatic heterocycles. The highest BCUT2D eigenvalue weighted by atomic mass is 19.2. The van der Waals surface area contributed by atoms with E-state index >= 15 is 0 Å². The Kier molecular flexibility index (Phi) is 2.74. The van der Waals surface area contributed by atoms with Crippen LogP contribution in [0.5, 0.6) is 0 Å². The van der Waals surface area contributed by atoms with Crippen molar-refractivity contribution in [3.05, 3.63) is 34.9 Å². The minimum atomic E-state index is -0.720. The molecule has 0 spiro atoms. The first kappa shape index (κ1) is 11.5. The molecule has 0 radical (unpaired) electrons. The third kappa shape index (κ3) is 1.73. The molecule has 1 nitrogen and oxygen atoms in total. The lowest BCUT2D eigenvalue weighted by atomic mass is 9.91. The van der Waals surface area contributed by atoms with Gasteiger partial charge in [-0.15, -0.1) is 0 Å². The second-order valence-corrected chi connectivity index (χ2v) is 4.98. The van der Waals surface area contributed by atoms with Gasteiger partial charge in [0.2, 0.25) is 0 Å². The van der Waals surface area contributed by atoms with Crippen LogP contribution in [0.4, 0.5) is 8.78 Å². The SMILES string of the molecule is CNC(c1ccc(C)c(F)c1F)C1(C)CC1.